The molecule has 0 aliphatic carbocycles. The molecule has 88 valence electrons. The van der Waals surface area contributed by atoms with Crippen molar-refractivity contribution >= 4 is 6.29 Å². The van der Waals surface area contributed by atoms with Gasteiger partial charge in [0.15, 0.2) is 12.4 Å². The number of carbonyl (C=O) groups is 1. The van der Waals surface area contributed by atoms with Crippen LogP contribution in [0.1, 0.15) is 27.2 Å². The summed E-state index contributed by atoms with van der Waals surface area (Å²) >= 11 is 0. The number of ether oxygens (including phenoxy) is 2. The zero-order valence-electron chi connectivity index (χ0n) is 9.97. The van der Waals surface area contributed by atoms with Gasteiger partial charge >= 0.3 is 0 Å². The van der Waals surface area contributed by atoms with E-state index in [0.717, 1.165) is 18.5 Å². The van der Waals surface area contributed by atoms with Gasteiger partial charge in [-0.3, -0.25) is 4.79 Å². The second kappa shape index (κ2) is 6.16. The third kappa shape index (κ3) is 3.93. The minimum Gasteiger partial charge on any atom is -0.491 e. The van der Waals surface area contributed by atoms with E-state index in [9.17, 15) is 4.79 Å². The maximum absolute atomic E-state index is 10.4. The average Bonchev–Trinajstić information content (AvgIpc) is 2.31. The Kier molecular flexibility index (Phi) is 4.83. The van der Waals surface area contributed by atoms with Crippen molar-refractivity contribution in [1.29, 1.82) is 0 Å². The molecular weight excluding hydrogens is 204 g/mol. The Morgan fingerprint density at radius 2 is 1.62 bits per heavy atom. The highest BCUT2D eigenvalue weighted by molar-refractivity contribution is 5.56. The maximum Gasteiger partial charge on any atom is 0.160 e. The van der Waals surface area contributed by atoms with E-state index in [-0.39, 0.29) is 6.10 Å². The minimum atomic E-state index is -0.415. The van der Waals surface area contributed by atoms with Crippen LogP contribution >= 0.6 is 0 Å². The number of rotatable bonds is 6. The van der Waals surface area contributed by atoms with E-state index in [1.807, 2.05) is 19.1 Å². The number of hydrogen-bond donors (Lipinski definition) is 0. The van der Waals surface area contributed by atoms with Gasteiger partial charge in [-0.2, -0.15) is 0 Å². The monoisotopic (exact) mass is 222 g/mol. The molecule has 16 heavy (non-hydrogen) atoms. The van der Waals surface area contributed by atoms with E-state index in [1.54, 1.807) is 19.1 Å². The van der Waals surface area contributed by atoms with Crippen LogP contribution in [0.4, 0.5) is 0 Å². The first kappa shape index (κ1) is 12.6. The molecule has 3 nitrogen and oxygen atoms in total. The Labute approximate surface area is 96.4 Å². The molecule has 1 aromatic rings. The van der Waals surface area contributed by atoms with Crippen LogP contribution in [0.15, 0.2) is 24.3 Å². The van der Waals surface area contributed by atoms with Crippen molar-refractivity contribution in [3.8, 4) is 11.5 Å². The van der Waals surface area contributed by atoms with Crippen molar-refractivity contribution in [2.24, 2.45) is 0 Å². The molecule has 0 saturated carbocycles. The van der Waals surface area contributed by atoms with E-state index < -0.39 is 6.10 Å². The fourth-order valence-corrected chi connectivity index (χ4v) is 1.15. The first-order valence-electron chi connectivity index (χ1n) is 5.54. The molecule has 3 heteroatoms. The van der Waals surface area contributed by atoms with Crippen molar-refractivity contribution in [1.82, 2.24) is 0 Å². The van der Waals surface area contributed by atoms with E-state index >= 15 is 0 Å². The summed E-state index contributed by atoms with van der Waals surface area (Å²) in [6.07, 6.45) is 1.53. The van der Waals surface area contributed by atoms with E-state index in [1.165, 1.54) is 0 Å². The lowest BCUT2D eigenvalue weighted by Gasteiger charge is -2.13. The van der Waals surface area contributed by atoms with Gasteiger partial charge in [0.05, 0.1) is 6.10 Å². The maximum atomic E-state index is 10.4. The van der Waals surface area contributed by atoms with Crippen LogP contribution in [0.2, 0.25) is 0 Å². The molecule has 0 amide bonds. The Bertz CT molecular complexity index is 318. The van der Waals surface area contributed by atoms with Crippen molar-refractivity contribution in [3.63, 3.8) is 0 Å². The van der Waals surface area contributed by atoms with Gasteiger partial charge in [0, 0.05) is 0 Å². The van der Waals surface area contributed by atoms with Crippen LogP contribution < -0.4 is 9.47 Å². The highest BCUT2D eigenvalue weighted by Gasteiger charge is 2.03. The highest BCUT2D eigenvalue weighted by Crippen LogP contribution is 2.19. The molecule has 0 saturated heterocycles. The Morgan fingerprint density at radius 3 is 2.06 bits per heavy atom. The summed E-state index contributed by atoms with van der Waals surface area (Å²) in [6.45, 7) is 5.81. The van der Waals surface area contributed by atoms with Crippen molar-refractivity contribution < 1.29 is 14.3 Å². The number of benzene rings is 1. The molecule has 0 heterocycles. The molecule has 0 bridgehead atoms. The minimum absolute atomic E-state index is 0.209. The zero-order valence-corrected chi connectivity index (χ0v) is 9.97. The average molecular weight is 222 g/mol. The molecule has 0 N–H and O–H groups in total. The van der Waals surface area contributed by atoms with Gasteiger partial charge in [-0.05, 0) is 44.5 Å². The van der Waals surface area contributed by atoms with Gasteiger partial charge in [0.2, 0.25) is 0 Å². The van der Waals surface area contributed by atoms with Gasteiger partial charge in [-0.1, -0.05) is 6.92 Å². The predicted octanol–water partition coefficient (Wildman–Crippen LogP) is 2.83. The van der Waals surface area contributed by atoms with E-state index in [2.05, 4.69) is 6.92 Å². The summed E-state index contributed by atoms with van der Waals surface area (Å²) in [5.41, 5.74) is 0. The lowest BCUT2D eigenvalue weighted by Crippen LogP contribution is -2.13. The van der Waals surface area contributed by atoms with Gasteiger partial charge in [-0.25, -0.2) is 0 Å². The highest BCUT2D eigenvalue weighted by atomic mass is 16.5. The summed E-state index contributed by atoms with van der Waals surface area (Å²) < 4.78 is 11.0. The number of hydrogen-bond acceptors (Lipinski definition) is 3. The molecule has 0 spiro atoms. The SMILES string of the molecule is CCC(C)Oc1ccc(OC(C)C=O)cc1. The lowest BCUT2D eigenvalue weighted by molar-refractivity contribution is -0.113. The summed E-state index contributed by atoms with van der Waals surface area (Å²) in [5.74, 6) is 1.50. The summed E-state index contributed by atoms with van der Waals surface area (Å²) in [5, 5.41) is 0. The molecule has 0 fully saturated rings. The van der Waals surface area contributed by atoms with Crippen LogP contribution in [0.5, 0.6) is 11.5 Å². The summed E-state index contributed by atoms with van der Waals surface area (Å²) in [6, 6.07) is 7.30. The first-order chi connectivity index (χ1) is 7.65. The fourth-order valence-electron chi connectivity index (χ4n) is 1.15. The Morgan fingerprint density at radius 1 is 1.12 bits per heavy atom. The van der Waals surface area contributed by atoms with Gasteiger partial charge in [-0.15, -0.1) is 0 Å². The largest absolute Gasteiger partial charge is 0.491 e. The van der Waals surface area contributed by atoms with Crippen LogP contribution in [0, 0.1) is 0 Å². The van der Waals surface area contributed by atoms with Crippen LogP contribution in [0.25, 0.3) is 0 Å². The van der Waals surface area contributed by atoms with Gasteiger partial charge < -0.3 is 9.47 Å². The van der Waals surface area contributed by atoms with Gasteiger partial charge in [0.1, 0.15) is 11.5 Å². The van der Waals surface area contributed by atoms with Crippen molar-refractivity contribution in [2.75, 3.05) is 0 Å². The third-order valence-electron chi connectivity index (χ3n) is 2.25. The molecule has 2 unspecified atom stereocenters. The van der Waals surface area contributed by atoms with Crippen molar-refractivity contribution in [2.45, 2.75) is 39.4 Å². The van der Waals surface area contributed by atoms with Crippen LogP contribution in [0.3, 0.4) is 0 Å². The predicted molar refractivity (Wildman–Crippen MR) is 63.0 cm³/mol. The molecule has 0 aliphatic heterocycles. The van der Waals surface area contributed by atoms with Crippen LogP contribution in [-0.4, -0.2) is 18.5 Å². The topological polar surface area (TPSA) is 35.5 Å². The van der Waals surface area contributed by atoms with E-state index in [0.29, 0.717) is 5.75 Å². The second-order valence-electron chi connectivity index (χ2n) is 3.77. The Balaban J connectivity index is 2.57. The third-order valence-corrected chi connectivity index (χ3v) is 2.25. The number of carbonyl (C=O) groups excluding carboxylic acids is 1. The quantitative estimate of drug-likeness (QED) is 0.694. The van der Waals surface area contributed by atoms with Crippen LogP contribution in [-0.2, 0) is 4.79 Å². The molecule has 0 aliphatic rings. The van der Waals surface area contributed by atoms with Gasteiger partial charge in [0.25, 0.3) is 0 Å². The standard InChI is InChI=1S/C13H18O3/c1-4-10(2)15-12-5-7-13(8-6-12)16-11(3)9-14/h5-11H,4H2,1-3H3. The molecule has 1 rings (SSSR count). The summed E-state index contributed by atoms with van der Waals surface area (Å²) in [7, 11) is 0. The second-order valence-corrected chi connectivity index (χ2v) is 3.77. The molecular formula is C13H18O3. The Hall–Kier alpha value is -1.51. The smallest absolute Gasteiger partial charge is 0.160 e. The normalized spacial score (nSPS) is 13.9. The molecule has 2 atom stereocenters. The summed E-state index contributed by atoms with van der Waals surface area (Å²) in [4.78, 5) is 10.4. The van der Waals surface area contributed by atoms with E-state index in [4.69, 9.17) is 9.47 Å². The molecule has 1 aromatic carbocycles. The zero-order chi connectivity index (χ0) is 12.0. The first-order valence-corrected chi connectivity index (χ1v) is 5.54. The molecule has 0 radical (unpaired) electrons. The lowest BCUT2D eigenvalue weighted by atomic mass is 10.3. The number of aldehydes is 1. The fraction of sp³-hybridized carbons (Fsp3) is 0.462. The molecule has 0 aromatic heterocycles. The van der Waals surface area contributed by atoms with Crippen molar-refractivity contribution in [3.05, 3.63) is 24.3 Å².